The Hall–Kier alpha value is -3.75. The number of aryl methyl sites for hydroxylation is 1. The summed E-state index contributed by atoms with van der Waals surface area (Å²) in [7, 11) is 2.80. The Bertz CT molecular complexity index is 1090. The summed E-state index contributed by atoms with van der Waals surface area (Å²) in [5.74, 6) is -0.425. The summed E-state index contributed by atoms with van der Waals surface area (Å²) in [4.78, 5) is 35.1. The number of amides is 1. The van der Waals surface area contributed by atoms with E-state index >= 15 is 0 Å². The first kappa shape index (κ1) is 17.1. The molecule has 0 unspecified atom stereocenters. The van der Waals surface area contributed by atoms with Crippen LogP contribution in [0.3, 0.4) is 0 Å². The highest BCUT2D eigenvalue weighted by Gasteiger charge is 2.18. The number of nitro benzene ring substituents is 1. The van der Waals surface area contributed by atoms with Crippen molar-refractivity contribution < 1.29 is 14.5 Å². The molecule has 26 heavy (non-hydrogen) atoms. The molecule has 3 rings (SSSR count). The van der Waals surface area contributed by atoms with Gasteiger partial charge in [-0.25, -0.2) is 4.68 Å². The van der Waals surface area contributed by atoms with Gasteiger partial charge in [0.15, 0.2) is 5.69 Å². The number of non-ortho nitro benzene ring substituents is 1. The van der Waals surface area contributed by atoms with Crippen molar-refractivity contribution in [1.29, 1.82) is 0 Å². The number of fused-ring (bicyclic) bond motifs is 1. The predicted octanol–water partition coefficient (Wildman–Crippen LogP) is 2.10. The maximum Gasteiger partial charge on any atom is 0.276 e. The summed E-state index contributed by atoms with van der Waals surface area (Å²) in [5.41, 5.74) is -0.165. The summed E-state index contributed by atoms with van der Waals surface area (Å²) in [5, 5.41) is 18.3. The molecule has 0 spiro atoms. The lowest BCUT2D eigenvalue weighted by Gasteiger charge is -2.11. The molecule has 0 atom stereocenters. The zero-order chi connectivity index (χ0) is 18.8. The fourth-order valence-corrected chi connectivity index (χ4v) is 2.55. The summed E-state index contributed by atoms with van der Waals surface area (Å²) < 4.78 is 6.20. The zero-order valence-electron chi connectivity index (χ0n) is 13.9. The van der Waals surface area contributed by atoms with Crippen LogP contribution in [-0.2, 0) is 7.05 Å². The second-order valence-corrected chi connectivity index (χ2v) is 5.42. The number of rotatable bonds is 4. The van der Waals surface area contributed by atoms with E-state index < -0.39 is 10.8 Å². The first-order valence-electron chi connectivity index (χ1n) is 7.52. The summed E-state index contributed by atoms with van der Waals surface area (Å²) >= 11 is 0. The van der Waals surface area contributed by atoms with Crippen LogP contribution < -0.4 is 15.6 Å². The van der Waals surface area contributed by atoms with E-state index in [0.717, 1.165) is 4.68 Å². The molecule has 0 saturated carbocycles. The molecule has 1 aromatic heterocycles. The highest BCUT2D eigenvalue weighted by molar-refractivity contribution is 6.11. The predicted molar refractivity (Wildman–Crippen MR) is 94.6 cm³/mol. The van der Waals surface area contributed by atoms with Gasteiger partial charge >= 0.3 is 0 Å². The molecule has 0 bridgehead atoms. The molecule has 0 radical (unpaired) electrons. The summed E-state index contributed by atoms with van der Waals surface area (Å²) in [6.45, 7) is 0. The van der Waals surface area contributed by atoms with Crippen LogP contribution >= 0.6 is 0 Å². The Morgan fingerprint density at radius 3 is 2.58 bits per heavy atom. The van der Waals surface area contributed by atoms with E-state index in [1.807, 2.05) is 0 Å². The third kappa shape index (κ3) is 2.97. The monoisotopic (exact) mass is 354 g/mol. The standard InChI is InChI=1S/C17H14N4O5/c1-20-17(23)12-6-4-3-5-11(12)15(19-20)16(22)18-13-8-7-10(21(24)25)9-14(13)26-2/h3-9H,1-2H3,(H,18,22). The molecule has 3 aromatic rings. The number of hydrogen-bond acceptors (Lipinski definition) is 6. The topological polar surface area (TPSA) is 116 Å². The Morgan fingerprint density at radius 2 is 1.92 bits per heavy atom. The van der Waals surface area contributed by atoms with Crippen LogP contribution in [0.2, 0.25) is 0 Å². The van der Waals surface area contributed by atoms with Crippen LogP contribution in [0.5, 0.6) is 5.75 Å². The fraction of sp³-hybridized carbons (Fsp3) is 0.118. The van der Waals surface area contributed by atoms with Gasteiger partial charge in [0.05, 0.1) is 29.2 Å². The van der Waals surface area contributed by atoms with Crippen molar-refractivity contribution >= 4 is 28.1 Å². The molecule has 1 amide bonds. The Morgan fingerprint density at radius 1 is 1.23 bits per heavy atom. The van der Waals surface area contributed by atoms with Crippen molar-refractivity contribution in [2.24, 2.45) is 7.05 Å². The number of hydrogen-bond donors (Lipinski definition) is 1. The SMILES string of the molecule is COc1cc([N+](=O)[O-])ccc1NC(=O)c1nn(C)c(=O)c2ccccc12. The van der Waals surface area contributed by atoms with Gasteiger partial charge in [-0.3, -0.25) is 19.7 Å². The Balaban J connectivity index is 2.04. The van der Waals surface area contributed by atoms with Crippen molar-refractivity contribution in [3.05, 3.63) is 68.6 Å². The number of benzene rings is 2. The number of nitrogens with zero attached hydrogens (tertiary/aromatic N) is 3. The van der Waals surface area contributed by atoms with Gasteiger partial charge in [0.2, 0.25) is 0 Å². The van der Waals surface area contributed by atoms with Crippen LogP contribution in [0.15, 0.2) is 47.3 Å². The minimum atomic E-state index is -0.566. The van der Waals surface area contributed by atoms with E-state index in [1.165, 1.54) is 32.4 Å². The largest absolute Gasteiger partial charge is 0.494 e. The van der Waals surface area contributed by atoms with Crippen molar-refractivity contribution in [2.75, 3.05) is 12.4 Å². The molecule has 2 aromatic carbocycles. The zero-order valence-corrected chi connectivity index (χ0v) is 13.9. The number of nitrogens with one attached hydrogen (secondary N) is 1. The molecule has 0 aliphatic carbocycles. The average molecular weight is 354 g/mol. The third-order valence-electron chi connectivity index (χ3n) is 3.82. The van der Waals surface area contributed by atoms with Crippen LogP contribution in [0.4, 0.5) is 11.4 Å². The fourth-order valence-electron chi connectivity index (χ4n) is 2.55. The van der Waals surface area contributed by atoms with Gasteiger partial charge in [0.1, 0.15) is 5.75 Å². The number of methoxy groups -OCH3 is 1. The van der Waals surface area contributed by atoms with E-state index in [-0.39, 0.29) is 28.4 Å². The molecule has 0 saturated heterocycles. The van der Waals surface area contributed by atoms with Gasteiger partial charge in [0.25, 0.3) is 17.2 Å². The maximum absolute atomic E-state index is 12.7. The normalized spacial score (nSPS) is 10.5. The minimum absolute atomic E-state index is 0.0584. The molecule has 0 aliphatic rings. The van der Waals surface area contributed by atoms with Gasteiger partial charge < -0.3 is 10.1 Å². The molecule has 1 heterocycles. The van der Waals surface area contributed by atoms with E-state index in [2.05, 4.69) is 10.4 Å². The van der Waals surface area contributed by atoms with Crippen molar-refractivity contribution in [3.8, 4) is 5.75 Å². The van der Waals surface area contributed by atoms with Gasteiger partial charge in [-0.2, -0.15) is 5.10 Å². The number of ether oxygens (including phenoxy) is 1. The molecule has 132 valence electrons. The van der Waals surface area contributed by atoms with E-state index in [0.29, 0.717) is 10.8 Å². The van der Waals surface area contributed by atoms with E-state index in [1.54, 1.807) is 24.3 Å². The molecule has 0 fully saturated rings. The van der Waals surface area contributed by atoms with Crippen molar-refractivity contribution in [2.45, 2.75) is 0 Å². The van der Waals surface area contributed by atoms with Gasteiger partial charge in [-0.15, -0.1) is 0 Å². The summed E-state index contributed by atoms with van der Waals surface area (Å²) in [6, 6.07) is 10.5. The second kappa shape index (κ2) is 6.63. The van der Waals surface area contributed by atoms with Gasteiger partial charge in [-0.05, 0) is 12.1 Å². The number of anilines is 1. The second-order valence-electron chi connectivity index (χ2n) is 5.42. The van der Waals surface area contributed by atoms with E-state index in [9.17, 15) is 19.7 Å². The van der Waals surface area contributed by atoms with Gasteiger partial charge in [-0.1, -0.05) is 18.2 Å². The quantitative estimate of drug-likeness (QED) is 0.566. The van der Waals surface area contributed by atoms with Crippen molar-refractivity contribution in [3.63, 3.8) is 0 Å². The number of carbonyl (C=O) groups is 1. The van der Waals surface area contributed by atoms with Crippen molar-refractivity contribution in [1.82, 2.24) is 9.78 Å². The lowest BCUT2D eigenvalue weighted by atomic mass is 10.1. The Labute approximate surface area is 147 Å². The van der Waals surface area contributed by atoms with Gasteiger partial charge in [0, 0.05) is 18.5 Å². The Kier molecular flexibility index (Phi) is 4.36. The van der Waals surface area contributed by atoms with Crippen LogP contribution in [0, 0.1) is 10.1 Å². The molecular weight excluding hydrogens is 340 g/mol. The smallest absolute Gasteiger partial charge is 0.276 e. The maximum atomic E-state index is 12.7. The number of carbonyl (C=O) groups excluding carboxylic acids is 1. The first-order chi connectivity index (χ1) is 12.4. The minimum Gasteiger partial charge on any atom is -0.494 e. The first-order valence-corrected chi connectivity index (χ1v) is 7.52. The van der Waals surface area contributed by atoms with Crippen LogP contribution in [0.1, 0.15) is 10.5 Å². The lowest BCUT2D eigenvalue weighted by molar-refractivity contribution is -0.384. The lowest BCUT2D eigenvalue weighted by Crippen LogP contribution is -2.25. The van der Waals surface area contributed by atoms with Crippen LogP contribution in [0.25, 0.3) is 10.8 Å². The molecule has 1 N–H and O–H groups in total. The molecule has 9 heteroatoms. The third-order valence-corrected chi connectivity index (χ3v) is 3.82. The van der Waals surface area contributed by atoms with E-state index in [4.69, 9.17) is 4.74 Å². The molecule has 0 aliphatic heterocycles. The highest BCUT2D eigenvalue weighted by Crippen LogP contribution is 2.29. The molecule has 9 nitrogen and oxygen atoms in total. The number of aromatic nitrogens is 2. The summed E-state index contributed by atoms with van der Waals surface area (Å²) in [6.07, 6.45) is 0. The highest BCUT2D eigenvalue weighted by atomic mass is 16.6. The van der Waals surface area contributed by atoms with Crippen LogP contribution in [-0.4, -0.2) is 27.7 Å². The number of nitro groups is 1. The molecular formula is C17H14N4O5. The average Bonchev–Trinajstić information content (AvgIpc) is 2.64.